The van der Waals surface area contributed by atoms with E-state index in [1.807, 2.05) is 6.92 Å². The van der Waals surface area contributed by atoms with Gasteiger partial charge in [0.1, 0.15) is 6.10 Å². The molecule has 0 N–H and O–H groups in total. The third-order valence-electron chi connectivity index (χ3n) is 3.98. The summed E-state index contributed by atoms with van der Waals surface area (Å²) in [5.41, 5.74) is 0.108. The van der Waals surface area contributed by atoms with E-state index in [1.165, 1.54) is 0 Å². The highest BCUT2D eigenvalue weighted by atomic mass is 16.5. The molecule has 0 aromatic heterocycles. The van der Waals surface area contributed by atoms with E-state index >= 15 is 0 Å². The molecule has 3 heteroatoms. The van der Waals surface area contributed by atoms with E-state index in [1.54, 1.807) is 0 Å². The molecule has 0 saturated carbocycles. The van der Waals surface area contributed by atoms with Gasteiger partial charge in [-0.1, -0.05) is 13.8 Å². The molecule has 0 aromatic rings. The fraction of sp³-hybridized carbons (Fsp3) is 0.917. The van der Waals surface area contributed by atoms with Crippen molar-refractivity contribution in [2.75, 3.05) is 13.6 Å². The number of carbonyl (C=O) groups excluding carboxylic acids is 1. The molecule has 2 unspecified atom stereocenters. The number of likely N-dealkylation sites (tertiary alicyclic amines) is 1. The summed E-state index contributed by atoms with van der Waals surface area (Å²) in [6, 6.07) is 0. The number of hydrogen-bond acceptors (Lipinski definition) is 3. The van der Waals surface area contributed by atoms with E-state index in [9.17, 15) is 4.79 Å². The van der Waals surface area contributed by atoms with Crippen LogP contribution >= 0.6 is 0 Å². The normalized spacial score (nSPS) is 31.3. The summed E-state index contributed by atoms with van der Waals surface area (Å²) >= 11 is 0. The Morgan fingerprint density at radius 1 is 1.53 bits per heavy atom. The van der Waals surface area contributed by atoms with Crippen molar-refractivity contribution in [3.8, 4) is 0 Å². The summed E-state index contributed by atoms with van der Waals surface area (Å²) in [5, 5.41) is 0. The predicted molar refractivity (Wildman–Crippen MR) is 60.7 cm³/mol. The van der Waals surface area contributed by atoms with Crippen LogP contribution in [0.5, 0.6) is 0 Å². The van der Waals surface area contributed by atoms with Crippen LogP contribution in [0.3, 0.4) is 0 Å². The molecule has 0 radical (unpaired) electrons. The predicted octanol–water partition coefficient (Wildman–Crippen LogP) is 2.06. The van der Waals surface area contributed by atoms with Gasteiger partial charge in [0, 0.05) is 24.4 Å². The second-order valence-corrected chi connectivity index (χ2v) is 5.03. The monoisotopic (exact) mass is 213 g/mol. The van der Waals surface area contributed by atoms with Crippen molar-refractivity contribution in [2.24, 2.45) is 5.92 Å². The molecule has 0 aliphatic carbocycles. The van der Waals surface area contributed by atoms with Crippen molar-refractivity contribution >= 4 is 5.97 Å². The fourth-order valence-corrected chi connectivity index (χ4v) is 2.07. The molecule has 88 valence electrons. The Morgan fingerprint density at radius 3 is 2.67 bits per heavy atom. The molecule has 1 aliphatic heterocycles. The zero-order valence-electron chi connectivity index (χ0n) is 10.5. The first kappa shape index (κ1) is 12.5. The highest BCUT2D eigenvalue weighted by Crippen LogP contribution is 2.33. The van der Waals surface area contributed by atoms with E-state index in [0.717, 1.165) is 13.0 Å². The van der Waals surface area contributed by atoms with Crippen LogP contribution in [0.15, 0.2) is 0 Å². The van der Waals surface area contributed by atoms with Crippen LogP contribution in [0.25, 0.3) is 0 Å². The smallest absolute Gasteiger partial charge is 0.305 e. The van der Waals surface area contributed by atoms with Gasteiger partial charge in [-0.05, 0) is 27.3 Å². The topological polar surface area (TPSA) is 29.5 Å². The molecule has 15 heavy (non-hydrogen) atoms. The van der Waals surface area contributed by atoms with Crippen molar-refractivity contribution in [3.63, 3.8) is 0 Å². The molecule has 0 amide bonds. The zero-order valence-corrected chi connectivity index (χ0v) is 10.5. The minimum absolute atomic E-state index is 0.0767. The number of ether oxygens (including phenoxy) is 1. The highest BCUT2D eigenvalue weighted by Gasteiger charge is 2.41. The quantitative estimate of drug-likeness (QED) is 0.658. The van der Waals surface area contributed by atoms with E-state index in [2.05, 4.69) is 32.7 Å². The SMILES string of the molecule is CCC(=O)OC1CCN(C)C(C)(C)C1C. The number of rotatable bonds is 2. The Morgan fingerprint density at radius 2 is 2.13 bits per heavy atom. The number of hydrogen-bond donors (Lipinski definition) is 0. The first-order valence-electron chi connectivity index (χ1n) is 5.80. The summed E-state index contributed by atoms with van der Waals surface area (Å²) in [4.78, 5) is 13.6. The van der Waals surface area contributed by atoms with Crippen molar-refractivity contribution in [1.82, 2.24) is 4.90 Å². The average Bonchev–Trinajstić information content (AvgIpc) is 2.19. The summed E-state index contributed by atoms with van der Waals surface area (Å²) < 4.78 is 5.47. The van der Waals surface area contributed by atoms with Crippen LogP contribution in [0.1, 0.15) is 40.5 Å². The van der Waals surface area contributed by atoms with Gasteiger partial charge < -0.3 is 9.64 Å². The van der Waals surface area contributed by atoms with Crippen LogP contribution in [0, 0.1) is 5.92 Å². The molecule has 0 bridgehead atoms. The Kier molecular flexibility index (Phi) is 3.77. The third kappa shape index (κ3) is 2.51. The standard InChI is InChI=1S/C12H23NO2/c1-6-11(14)15-10-7-8-13(5)12(3,4)9(10)2/h9-10H,6-8H2,1-5H3. The summed E-state index contributed by atoms with van der Waals surface area (Å²) in [7, 11) is 2.13. The lowest BCUT2D eigenvalue weighted by Gasteiger charge is -2.48. The van der Waals surface area contributed by atoms with Crippen LogP contribution in [-0.2, 0) is 9.53 Å². The molecule has 1 aliphatic rings. The van der Waals surface area contributed by atoms with Crippen LogP contribution in [0.4, 0.5) is 0 Å². The largest absolute Gasteiger partial charge is 0.462 e. The molecular weight excluding hydrogens is 190 g/mol. The van der Waals surface area contributed by atoms with Gasteiger partial charge >= 0.3 is 5.97 Å². The second-order valence-electron chi connectivity index (χ2n) is 5.03. The average molecular weight is 213 g/mol. The Bertz CT molecular complexity index is 238. The second kappa shape index (κ2) is 4.52. The molecule has 1 heterocycles. The molecule has 0 aromatic carbocycles. The van der Waals surface area contributed by atoms with Crippen LogP contribution < -0.4 is 0 Å². The molecule has 0 spiro atoms. The lowest BCUT2D eigenvalue weighted by Crippen LogP contribution is -2.56. The molecule has 1 fully saturated rings. The number of carbonyl (C=O) groups is 1. The maximum atomic E-state index is 11.3. The molecular formula is C12H23NO2. The summed E-state index contributed by atoms with van der Waals surface area (Å²) in [6.45, 7) is 9.43. The first-order chi connectivity index (χ1) is 6.89. The van der Waals surface area contributed by atoms with E-state index in [0.29, 0.717) is 12.3 Å². The molecule has 1 rings (SSSR count). The van der Waals surface area contributed by atoms with Crippen molar-refractivity contribution in [2.45, 2.75) is 52.2 Å². The number of piperidine rings is 1. The van der Waals surface area contributed by atoms with Gasteiger partial charge in [0.2, 0.25) is 0 Å². The van der Waals surface area contributed by atoms with Crippen molar-refractivity contribution in [1.29, 1.82) is 0 Å². The van der Waals surface area contributed by atoms with Crippen molar-refractivity contribution in [3.05, 3.63) is 0 Å². The van der Waals surface area contributed by atoms with Gasteiger partial charge in [-0.3, -0.25) is 4.79 Å². The molecule has 2 atom stereocenters. The van der Waals surface area contributed by atoms with Gasteiger partial charge in [0.15, 0.2) is 0 Å². The van der Waals surface area contributed by atoms with Gasteiger partial charge in [0.25, 0.3) is 0 Å². The Hall–Kier alpha value is -0.570. The maximum absolute atomic E-state index is 11.3. The minimum atomic E-state index is -0.0767. The number of nitrogens with zero attached hydrogens (tertiary/aromatic N) is 1. The zero-order chi connectivity index (χ0) is 11.6. The van der Waals surface area contributed by atoms with Gasteiger partial charge in [-0.15, -0.1) is 0 Å². The fourth-order valence-electron chi connectivity index (χ4n) is 2.07. The van der Waals surface area contributed by atoms with Gasteiger partial charge in [-0.25, -0.2) is 0 Å². The lowest BCUT2D eigenvalue weighted by molar-refractivity contribution is -0.158. The van der Waals surface area contributed by atoms with E-state index in [4.69, 9.17) is 4.74 Å². The van der Waals surface area contributed by atoms with Crippen LogP contribution in [0.2, 0.25) is 0 Å². The minimum Gasteiger partial charge on any atom is -0.462 e. The Labute approximate surface area is 92.8 Å². The highest BCUT2D eigenvalue weighted by molar-refractivity contribution is 5.69. The molecule has 1 saturated heterocycles. The maximum Gasteiger partial charge on any atom is 0.305 e. The first-order valence-corrected chi connectivity index (χ1v) is 5.80. The van der Waals surface area contributed by atoms with Crippen LogP contribution in [-0.4, -0.2) is 36.1 Å². The van der Waals surface area contributed by atoms with Crippen molar-refractivity contribution < 1.29 is 9.53 Å². The number of esters is 1. The lowest BCUT2D eigenvalue weighted by atomic mass is 9.79. The summed E-state index contributed by atoms with van der Waals surface area (Å²) in [6.07, 6.45) is 1.51. The molecule has 3 nitrogen and oxygen atoms in total. The summed E-state index contributed by atoms with van der Waals surface area (Å²) in [5.74, 6) is 0.305. The van der Waals surface area contributed by atoms with E-state index in [-0.39, 0.29) is 17.6 Å². The van der Waals surface area contributed by atoms with Gasteiger partial charge in [0.05, 0.1) is 0 Å². The third-order valence-corrected chi connectivity index (χ3v) is 3.98. The van der Waals surface area contributed by atoms with Gasteiger partial charge in [-0.2, -0.15) is 0 Å². The van der Waals surface area contributed by atoms with E-state index < -0.39 is 0 Å². The Balaban J connectivity index is 2.65.